The van der Waals surface area contributed by atoms with Crippen LogP contribution in [0.2, 0.25) is 5.02 Å². The highest BCUT2D eigenvalue weighted by atomic mass is 35.5. The third-order valence-electron chi connectivity index (χ3n) is 5.59. The lowest BCUT2D eigenvalue weighted by molar-refractivity contribution is -0.113. The first-order valence-electron chi connectivity index (χ1n) is 11.3. The molecule has 2 N–H and O–H groups in total. The molecule has 0 radical (unpaired) electrons. The van der Waals surface area contributed by atoms with Crippen LogP contribution in [0.3, 0.4) is 0 Å². The van der Waals surface area contributed by atoms with Crippen LogP contribution in [0.25, 0.3) is 0 Å². The minimum Gasteiger partial charge on any atom is -0.400 e. The molecule has 0 saturated heterocycles. The molecule has 9 heteroatoms. The molecule has 0 fully saturated rings. The lowest BCUT2D eigenvalue weighted by atomic mass is 9.77. The second-order valence-electron chi connectivity index (χ2n) is 9.29. The van der Waals surface area contributed by atoms with E-state index in [1.165, 1.54) is 31.2 Å². The second-order valence-corrected chi connectivity index (χ2v) is 10.8. The molecule has 1 unspecified atom stereocenters. The molecule has 0 spiro atoms. The third kappa shape index (κ3) is 12.2. The van der Waals surface area contributed by atoms with Gasteiger partial charge in [-0.15, -0.1) is 0 Å². The van der Waals surface area contributed by atoms with Gasteiger partial charge >= 0.3 is 5.51 Å². The van der Waals surface area contributed by atoms with Crippen LogP contribution >= 0.6 is 23.4 Å². The lowest BCUT2D eigenvalue weighted by Gasteiger charge is -2.29. The maximum Gasteiger partial charge on any atom is 0.446 e. The Labute approximate surface area is 227 Å². The number of carbonyl (C=O) groups excluding carboxylic acids is 1. The van der Waals surface area contributed by atoms with Gasteiger partial charge in [-0.2, -0.15) is 13.2 Å². The number of aliphatic hydroxyl groups is 1. The summed E-state index contributed by atoms with van der Waals surface area (Å²) < 4.78 is 51.7. The highest BCUT2D eigenvalue weighted by molar-refractivity contribution is 8.00. The average molecular weight is 562 g/mol. The van der Waals surface area contributed by atoms with Crippen LogP contribution in [-0.4, -0.2) is 23.6 Å². The number of thioether (sulfide) groups is 1. The topological polar surface area (TPSA) is 49.3 Å². The molecule has 0 aliphatic carbocycles. The number of aliphatic hydroxyl groups excluding tert-OH is 1. The van der Waals surface area contributed by atoms with Gasteiger partial charge in [-0.05, 0) is 84.4 Å². The molecule has 1 amide bonds. The van der Waals surface area contributed by atoms with Gasteiger partial charge in [0.1, 0.15) is 0 Å². The predicted octanol–water partition coefficient (Wildman–Crippen LogP) is 9.43. The Morgan fingerprint density at radius 1 is 1.22 bits per heavy atom. The number of hydrogen-bond donors (Lipinski definition) is 2. The molecule has 0 heterocycles. The second kappa shape index (κ2) is 15.2. The fraction of sp³-hybridized carbons (Fsp3) is 0.393. The molecule has 1 rings (SSSR count). The van der Waals surface area contributed by atoms with Crippen molar-refractivity contribution in [3.63, 3.8) is 0 Å². The molecular weight excluding hydrogens is 526 g/mol. The van der Waals surface area contributed by atoms with E-state index in [-0.39, 0.29) is 38.7 Å². The van der Waals surface area contributed by atoms with E-state index in [1.807, 2.05) is 6.92 Å². The van der Waals surface area contributed by atoms with E-state index in [4.69, 9.17) is 16.7 Å². The van der Waals surface area contributed by atoms with Crippen molar-refractivity contribution in [3.8, 4) is 0 Å². The molecule has 0 bridgehead atoms. The summed E-state index contributed by atoms with van der Waals surface area (Å²) >= 11 is 5.89. The van der Waals surface area contributed by atoms with Crippen molar-refractivity contribution < 1.29 is 27.5 Å². The molecule has 0 aromatic heterocycles. The zero-order chi connectivity index (χ0) is 29.1. The Bertz CT molecular complexity index is 1060. The van der Waals surface area contributed by atoms with Gasteiger partial charge in [0.2, 0.25) is 0 Å². The molecular formula is C28H36ClF4NO2S. The van der Waals surface area contributed by atoms with E-state index >= 15 is 0 Å². The fourth-order valence-corrected chi connectivity index (χ4v) is 3.87. The van der Waals surface area contributed by atoms with Crippen LogP contribution in [0, 0.1) is 11.3 Å². The van der Waals surface area contributed by atoms with Gasteiger partial charge < -0.3 is 10.4 Å². The summed E-state index contributed by atoms with van der Waals surface area (Å²) in [7, 11) is 1.00. The smallest absolute Gasteiger partial charge is 0.400 e. The van der Waals surface area contributed by atoms with Gasteiger partial charge in [0.05, 0.1) is 16.5 Å². The fourth-order valence-electron chi connectivity index (χ4n) is 3.00. The van der Waals surface area contributed by atoms with Crippen molar-refractivity contribution >= 4 is 35.0 Å². The lowest BCUT2D eigenvalue weighted by Crippen LogP contribution is -2.23. The van der Waals surface area contributed by atoms with Crippen molar-refractivity contribution in [2.24, 2.45) is 11.3 Å². The minimum atomic E-state index is -4.45. The average Bonchev–Trinajstić information content (AvgIpc) is 2.77. The van der Waals surface area contributed by atoms with Crippen LogP contribution in [0.4, 0.5) is 23.2 Å². The number of nitrogens with one attached hydrogen (secondary N) is 1. The molecule has 3 nitrogen and oxygen atoms in total. The standard InChI is InChI=1S/C27H32ClF4NOS.CH4O/c1-9-10-20(14-17(3)29)18(4)19(5)22(13-16(2)26(6,7)8)25(34)33-24-12-11-21(15-23(24)28)35-27(30,31)32;1-2/h9-12,14-16H,1,4,13H2,2-3,5-8H3,(H,33,34);2H,1H3/b17-14+,20-10+,22-19+;. The van der Waals surface area contributed by atoms with Crippen molar-refractivity contribution in [2.75, 3.05) is 12.4 Å². The van der Waals surface area contributed by atoms with Gasteiger partial charge in [0, 0.05) is 17.6 Å². The first-order chi connectivity index (χ1) is 17.0. The summed E-state index contributed by atoms with van der Waals surface area (Å²) in [6.07, 6.45) is 4.81. The zero-order valence-corrected chi connectivity index (χ0v) is 23.9. The highest BCUT2D eigenvalue weighted by Gasteiger charge is 2.30. The largest absolute Gasteiger partial charge is 0.446 e. The molecule has 37 heavy (non-hydrogen) atoms. The Balaban J connectivity index is 0.00000631. The molecule has 1 atom stereocenters. The number of halogens is 5. The Hall–Kier alpha value is -2.29. The van der Waals surface area contributed by atoms with Crippen LogP contribution in [-0.2, 0) is 4.79 Å². The molecule has 0 aliphatic heterocycles. The van der Waals surface area contributed by atoms with E-state index in [0.717, 1.165) is 13.2 Å². The Morgan fingerprint density at radius 3 is 2.22 bits per heavy atom. The molecule has 1 aromatic carbocycles. The molecule has 0 aliphatic rings. The number of allylic oxidation sites excluding steroid dienone is 7. The maximum absolute atomic E-state index is 13.7. The van der Waals surface area contributed by atoms with Crippen LogP contribution in [0.15, 0.2) is 82.6 Å². The van der Waals surface area contributed by atoms with E-state index < -0.39 is 17.2 Å². The summed E-state index contributed by atoms with van der Waals surface area (Å²) in [4.78, 5) is 13.3. The van der Waals surface area contributed by atoms with E-state index in [1.54, 1.807) is 13.0 Å². The Kier molecular flexibility index (Phi) is 14.3. The van der Waals surface area contributed by atoms with E-state index in [2.05, 4.69) is 39.2 Å². The summed E-state index contributed by atoms with van der Waals surface area (Å²) in [6, 6.07) is 3.73. The third-order valence-corrected chi connectivity index (χ3v) is 6.62. The van der Waals surface area contributed by atoms with Gasteiger partial charge in [-0.25, -0.2) is 4.39 Å². The number of alkyl halides is 3. The number of amides is 1. The number of benzene rings is 1. The van der Waals surface area contributed by atoms with E-state index in [9.17, 15) is 22.4 Å². The van der Waals surface area contributed by atoms with Crippen molar-refractivity contribution in [1.29, 1.82) is 0 Å². The van der Waals surface area contributed by atoms with Crippen LogP contribution in [0.1, 0.15) is 48.0 Å². The van der Waals surface area contributed by atoms with Gasteiger partial charge in [-0.1, -0.05) is 64.6 Å². The van der Waals surface area contributed by atoms with Gasteiger partial charge in [-0.3, -0.25) is 4.79 Å². The molecule has 0 saturated carbocycles. The molecule has 206 valence electrons. The summed E-state index contributed by atoms with van der Waals surface area (Å²) in [6.45, 7) is 19.0. The highest BCUT2D eigenvalue weighted by Crippen LogP contribution is 2.39. The number of hydrogen-bond acceptors (Lipinski definition) is 3. The summed E-state index contributed by atoms with van der Waals surface area (Å²) in [5.41, 5.74) is -2.48. The van der Waals surface area contributed by atoms with Crippen molar-refractivity contribution in [1.82, 2.24) is 0 Å². The first-order valence-corrected chi connectivity index (χ1v) is 12.5. The van der Waals surface area contributed by atoms with Crippen LogP contribution < -0.4 is 5.32 Å². The van der Waals surface area contributed by atoms with Crippen molar-refractivity contribution in [3.05, 3.63) is 82.7 Å². The SMILES string of the molecule is C=C/C=C(\C=C(/C)F)C(=C)/C(C)=C(\CC(C)C(C)(C)C)C(=O)Nc1ccc(SC(F)(F)F)cc1Cl.CO. The Morgan fingerprint density at radius 2 is 1.78 bits per heavy atom. The normalized spacial score (nSPS) is 14.2. The minimum absolute atomic E-state index is 0.0180. The predicted molar refractivity (Wildman–Crippen MR) is 148 cm³/mol. The number of anilines is 1. The van der Waals surface area contributed by atoms with Crippen molar-refractivity contribution in [2.45, 2.75) is 58.4 Å². The summed E-state index contributed by atoms with van der Waals surface area (Å²) in [5, 5.41) is 9.70. The maximum atomic E-state index is 13.7. The zero-order valence-electron chi connectivity index (χ0n) is 22.3. The van der Waals surface area contributed by atoms with Crippen LogP contribution in [0.5, 0.6) is 0 Å². The van der Waals surface area contributed by atoms with Gasteiger partial charge in [0.25, 0.3) is 5.91 Å². The number of rotatable bonds is 9. The summed E-state index contributed by atoms with van der Waals surface area (Å²) in [5.74, 6) is -0.807. The molecule has 1 aromatic rings. The monoisotopic (exact) mass is 561 g/mol. The van der Waals surface area contributed by atoms with E-state index in [0.29, 0.717) is 28.7 Å². The van der Waals surface area contributed by atoms with Gasteiger partial charge in [0.15, 0.2) is 0 Å². The quantitative estimate of drug-likeness (QED) is 0.137. The number of carbonyl (C=O) groups is 1. The first kappa shape index (κ1) is 34.7.